The SMILES string of the molecule is Cc1n[nH]c(=O)c(C(=O)Nc2n[nH]c3ccccc23)c1C. The molecule has 0 saturated carbocycles. The Morgan fingerprint density at radius 1 is 1.14 bits per heavy atom. The van der Waals surface area contributed by atoms with E-state index in [4.69, 9.17) is 0 Å². The predicted molar refractivity (Wildman–Crippen MR) is 78.4 cm³/mol. The van der Waals surface area contributed by atoms with E-state index in [9.17, 15) is 9.59 Å². The molecule has 3 aromatic rings. The highest BCUT2D eigenvalue weighted by Gasteiger charge is 2.18. The molecule has 0 aliphatic carbocycles. The van der Waals surface area contributed by atoms with E-state index in [-0.39, 0.29) is 5.56 Å². The minimum atomic E-state index is -0.518. The normalized spacial score (nSPS) is 10.8. The molecule has 3 rings (SSSR count). The summed E-state index contributed by atoms with van der Waals surface area (Å²) in [5, 5.41) is 16.5. The first-order valence-corrected chi connectivity index (χ1v) is 6.38. The average Bonchev–Trinajstić information content (AvgIpc) is 2.87. The summed E-state index contributed by atoms with van der Waals surface area (Å²) in [6.45, 7) is 3.42. The van der Waals surface area contributed by atoms with Gasteiger partial charge in [0.2, 0.25) is 0 Å². The van der Waals surface area contributed by atoms with Crippen molar-refractivity contribution >= 4 is 22.6 Å². The lowest BCUT2D eigenvalue weighted by atomic mass is 10.1. The number of hydrogen-bond donors (Lipinski definition) is 3. The number of amides is 1. The van der Waals surface area contributed by atoms with Crippen molar-refractivity contribution in [3.8, 4) is 0 Å². The number of benzene rings is 1. The maximum atomic E-state index is 12.3. The van der Waals surface area contributed by atoms with E-state index in [0.29, 0.717) is 17.1 Å². The van der Waals surface area contributed by atoms with Gasteiger partial charge in [-0.3, -0.25) is 14.7 Å². The monoisotopic (exact) mass is 283 g/mol. The first kappa shape index (κ1) is 13.0. The van der Waals surface area contributed by atoms with Crippen molar-refractivity contribution < 1.29 is 4.79 Å². The molecule has 2 heterocycles. The van der Waals surface area contributed by atoms with Gasteiger partial charge in [0, 0.05) is 5.39 Å². The minimum absolute atomic E-state index is 0.0505. The molecule has 3 N–H and O–H groups in total. The quantitative estimate of drug-likeness (QED) is 0.663. The van der Waals surface area contributed by atoms with E-state index in [2.05, 4.69) is 25.7 Å². The summed E-state index contributed by atoms with van der Waals surface area (Å²) in [6.07, 6.45) is 0. The second-order valence-electron chi connectivity index (χ2n) is 4.71. The molecule has 0 unspecified atom stereocenters. The third-order valence-electron chi connectivity index (χ3n) is 3.40. The highest BCUT2D eigenvalue weighted by atomic mass is 16.2. The van der Waals surface area contributed by atoms with Crippen LogP contribution in [0.2, 0.25) is 0 Å². The van der Waals surface area contributed by atoms with Crippen LogP contribution in [0, 0.1) is 13.8 Å². The van der Waals surface area contributed by atoms with Crippen LogP contribution in [0.5, 0.6) is 0 Å². The number of nitrogens with zero attached hydrogens (tertiary/aromatic N) is 2. The number of aromatic amines is 2. The first-order valence-electron chi connectivity index (χ1n) is 6.38. The Morgan fingerprint density at radius 3 is 2.71 bits per heavy atom. The lowest BCUT2D eigenvalue weighted by molar-refractivity contribution is 0.102. The van der Waals surface area contributed by atoms with Crippen LogP contribution in [-0.4, -0.2) is 26.3 Å². The molecule has 7 nitrogen and oxygen atoms in total. The lowest BCUT2D eigenvalue weighted by Crippen LogP contribution is -2.26. The molecule has 0 radical (unpaired) electrons. The summed E-state index contributed by atoms with van der Waals surface area (Å²) in [7, 11) is 0. The first-order chi connectivity index (χ1) is 10.1. The highest BCUT2D eigenvalue weighted by molar-refractivity contribution is 6.08. The maximum Gasteiger partial charge on any atom is 0.277 e. The van der Waals surface area contributed by atoms with Crippen molar-refractivity contribution in [1.82, 2.24) is 20.4 Å². The van der Waals surface area contributed by atoms with Crippen molar-refractivity contribution in [3.05, 3.63) is 51.4 Å². The fourth-order valence-electron chi connectivity index (χ4n) is 2.13. The molecule has 2 aromatic heterocycles. The highest BCUT2D eigenvalue weighted by Crippen LogP contribution is 2.20. The Morgan fingerprint density at radius 2 is 1.90 bits per heavy atom. The third-order valence-corrected chi connectivity index (χ3v) is 3.40. The number of H-pyrrole nitrogens is 2. The topological polar surface area (TPSA) is 104 Å². The van der Waals surface area contributed by atoms with Crippen LogP contribution < -0.4 is 10.9 Å². The number of para-hydroxylation sites is 1. The summed E-state index contributed by atoms with van der Waals surface area (Å²) < 4.78 is 0. The van der Waals surface area contributed by atoms with Gasteiger partial charge in [-0.05, 0) is 31.5 Å². The van der Waals surface area contributed by atoms with Crippen molar-refractivity contribution in [2.45, 2.75) is 13.8 Å². The average molecular weight is 283 g/mol. The number of carbonyl (C=O) groups is 1. The molecule has 21 heavy (non-hydrogen) atoms. The Bertz CT molecular complexity index is 894. The third kappa shape index (κ3) is 2.18. The van der Waals surface area contributed by atoms with Crippen LogP contribution in [0.15, 0.2) is 29.1 Å². The van der Waals surface area contributed by atoms with E-state index < -0.39 is 11.5 Å². The van der Waals surface area contributed by atoms with Crippen molar-refractivity contribution in [3.63, 3.8) is 0 Å². The zero-order valence-corrected chi connectivity index (χ0v) is 11.5. The van der Waals surface area contributed by atoms with Gasteiger partial charge in [-0.15, -0.1) is 0 Å². The van der Waals surface area contributed by atoms with Gasteiger partial charge in [-0.2, -0.15) is 10.2 Å². The number of fused-ring (bicyclic) bond motifs is 1. The van der Waals surface area contributed by atoms with E-state index in [1.165, 1.54) is 0 Å². The van der Waals surface area contributed by atoms with Gasteiger partial charge in [-0.1, -0.05) is 12.1 Å². The van der Waals surface area contributed by atoms with Crippen LogP contribution in [0.1, 0.15) is 21.6 Å². The number of aromatic nitrogens is 4. The van der Waals surface area contributed by atoms with Gasteiger partial charge in [0.25, 0.3) is 11.5 Å². The van der Waals surface area contributed by atoms with Gasteiger partial charge in [-0.25, -0.2) is 5.10 Å². The molecule has 7 heteroatoms. The standard InChI is InChI=1S/C14H13N5O2/c1-7-8(2)16-19-14(21)11(7)13(20)15-12-9-5-3-4-6-10(9)17-18-12/h3-6H,1-2H3,(H,19,21)(H2,15,17,18,20). The summed E-state index contributed by atoms with van der Waals surface area (Å²) in [5.41, 5.74) is 1.50. The fourth-order valence-corrected chi connectivity index (χ4v) is 2.13. The molecule has 0 bridgehead atoms. The van der Waals surface area contributed by atoms with Crippen molar-refractivity contribution in [2.24, 2.45) is 0 Å². The van der Waals surface area contributed by atoms with Crippen LogP contribution in [-0.2, 0) is 0 Å². The zero-order valence-electron chi connectivity index (χ0n) is 11.5. The van der Waals surface area contributed by atoms with E-state index in [1.807, 2.05) is 24.3 Å². The Labute approximate surface area is 119 Å². The largest absolute Gasteiger partial charge is 0.304 e. The van der Waals surface area contributed by atoms with Crippen LogP contribution >= 0.6 is 0 Å². The van der Waals surface area contributed by atoms with E-state index >= 15 is 0 Å². The second-order valence-corrected chi connectivity index (χ2v) is 4.71. The van der Waals surface area contributed by atoms with Crippen LogP contribution in [0.25, 0.3) is 10.9 Å². The zero-order chi connectivity index (χ0) is 15.0. The summed E-state index contributed by atoms with van der Waals surface area (Å²) >= 11 is 0. The maximum absolute atomic E-state index is 12.3. The molecular formula is C14H13N5O2. The molecule has 106 valence electrons. The molecule has 0 fully saturated rings. The molecule has 1 amide bonds. The number of anilines is 1. The number of rotatable bonds is 2. The van der Waals surface area contributed by atoms with Crippen molar-refractivity contribution in [1.29, 1.82) is 0 Å². The fraction of sp³-hybridized carbons (Fsp3) is 0.143. The van der Waals surface area contributed by atoms with Crippen LogP contribution in [0.3, 0.4) is 0 Å². The van der Waals surface area contributed by atoms with Gasteiger partial charge in [0.1, 0.15) is 5.56 Å². The molecular weight excluding hydrogens is 270 g/mol. The van der Waals surface area contributed by atoms with Gasteiger partial charge >= 0.3 is 0 Å². The summed E-state index contributed by atoms with van der Waals surface area (Å²) in [4.78, 5) is 24.2. The molecule has 1 aromatic carbocycles. The van der Waals surface area contributed by atoms with Gasteiger partial charge < -0.3 is 5.32 Å². The summed E-state index contributed by atoms with van der Waals surface area (Å²) in [6, 6.07) is 7.41. The number of carbonyl (C=O) groups excluding carboxylic acids is 1. The van der Waals surface area contributed by atoms with E-state index in [1.54, 1.807) is 13.8 Å². The number of nitrogens with one attached hydrogen (secondary N) is 3. The molecule has 0 saturated heterocycles. The van der Waals surface area contributed by atoms with E-state index in [0.717, 1.165) is 10.9 Å². The summed E-state index contributed by atoms with van der Waals surface area (Å²) in [5.74, 6) is -0.111. The smallest absolute Gasteiger partial charge is 0.277 e. The molecule has 0 aliphatic heterocycles. The predicted octanol–water partition coefficient (Wildman–Crippen LogP) is 1.52. The number of aryl methyl sites for hydroxylation is 1. The minimum Gasteiger partial charge on any atom is -0.304 e. The van der Waals surface area contributed by atoms with Crippen molar-refractivity contribution in [2.75, 3.05) is 5.32 Å². The Hall–Kier alpha value is -2.96. The second kappa shape index (κ2) is 4.86. The Kier molecular flexibility index (Phi) is 3.02. The van der Waals surface area contributed by atoms with Gasteiger partial charge in [0.05, 0.1) is 11.2 Å². The molecule has 0 spiro atoms. The number of hydrogen-bond acceptors (Lipinski definition) is 4. The van der Waals surface area contributed by atoms with Gasteiger partial charge in [0.15, 0.2) is 5.82 Å². The molecule has 0 atom stereocenters. The van der Waals surface area contributed by atoms with Crippen LogP contribution in [0.4, 0.5) is 5.82 Å². The Balaban J connectivity index is 2.01. The molecule has 0 aliphatic rings. The lowest BCUT2D eigenvalue weighted by Gasteiger charge is -2.06.